The maximum atomic E-state index is 10.6. The lowest BCUT2D eigenvalue weighted by Gasteiger charge is -2.42. The Kier molecular flexibility index (Phi) is 4.22. The summed E-state index contributed by atoms with van der Waals surface area (Å²) in [5, 5.41) is 10.6. The van der Waals surface area contributed by atoms with Crippen molar-refractivity contribution in [3.63, 3.8) is 0 Å². The molecular formula is C16H24O. The highest BCUT2D eigenvalue weighted by atomic mass is 16.3. The Hall–Kier alpha value is -0.820. The van der Waals surface area contributed by atoms with Crippen LogP contribution in [0.5, 0.6) is 0 Å². The van der Waals surface area contributed by atoms with E-state index in [1.54, 1.807) is 0 Å². The van der Waals surface area contributed by atoms with Gasteiger partial charge >= 0.3 is 0 Å². The minimum Gasteiger partial charge on any atom is -0.392 e. The van der Waals surface area contributed by atoms with E-state index in [0.29, 0.717) is 0 Å². The lowest BCUT2D eigenvalue weighted by molar-refractivity contribution is 0.0464. The molecule has 0 aliphatic heterocycles. The molecule has 1 heteroatoms. The Bertz CT molecular complexity index is 325. The second-order valence-electron chi connectivity index (χ2n) is 5.39. The molecular weight excluding hydrogens is 208 g/mol. The summed E-state index contributed by atoms with van der Waals surface area (Å²) in [6.07, 6.45) is 7.97. The zero-order valence-corrected chi connectivity index (χ0v) is 10.9. The summed E-state index contributed by atoms with van der Waals surface area (Å²) in [6, 6.07) is 10.7. The van der Waals surface area contributed by atoms with Gasteiger partial charge in [0.05, 0.1) is 6.10 Å². The lowest BCUT2D eigenvalue weighted by atomic mass is 9.65. The number of benzene rings is 1. The number of aliphatic hydroxyl groups is 1. The monoisotopic (exact) mass is 232 g/mol. The molecule has 94 valence electrons. The molecule has 1 atom stereocenters. The molecule has 1 aromatic carbocycles. The van der Waals surface area contributed by atoms with Crippen molar-refractivity contribution in [3.05, 3.63) is 35.9 Å². The molecule has 0 spiro atoms. The predicted molar refractivity (Wildman–Crippen MR) is 72.1 cm³/mol. The molecule has 0 heterocycles. The van der Waals surface area contributed by atoms with E-state index in [0.717, 1.165) is 25.7 Å². The van der Waals surface area contributed by atoms with Gasteiger partial charge in [-0.3, -0.25) is 0 Å². The van der Waals surface area contributed by atoms with Gasteiger partial charge in [-0.15, -0.1) is 0 Å². The lowest BCUT2D eigenvalue weighted by Crippen LogP contribution is -2.41. The number of rotatable bonds is 4. The van der Waals surface area contributed by atoms with Gasteiger partial charge in [-0.05, 0) is 24.8 Å². The van der Waals surface area contributed by atoms with Crippen LogP contribution in [-0.2, 0) is 5.41 Å². The van der Waals surface area contributed by atoms with Crippen molar-refractivity contribution in [1.29, 1.82) is 0 Å². The van der Waals surface area contributed by atoms with E-state index in [4.69, 9.17) is 0 Å². The number of aliphatic hydroxyl groups excluding tert-OH is 1. The molecule has 0 saturated heterocycles. The summed E-state index contributed by atoms with van der Waals surface area (Å²) in [5.74, 6) is 0. The van der Waals surface area contributed by atoms with Gasteiger partial charge in [0.2, 0.25) is 0 Å². The largest absolute Gasteiger partial charge is 0.392 e. The molecule has 0 radical (unpaired) electrons. The van der Waals surface area contributed by atoms with Gasteiger partial charge in [0.15, 0.2) is 0 Å². The molecule has 0 aromatic heterocycles. The van der Waals surface area contributed by atoms with Gasteiger partial charge in [-0.1, -0.05) is 62.9 Å². The quantitative estimate of drug-likeness (QED) is 0.830. The molecule has 1 aliphatic carbocycles. The van der Waals surface area contributed by atoms with E-state index in [9.17, 15) is 5.11 Å². The van der Waals surface area contributed by atoms with E-state index in [-0.39, 0.29) is 11.5 Å². The first-order chi connectivity index (χ1) is 8.29. The van der Waals surface area contributed by atoms with Crippen molar-refractivity contribution in [2.45, 2.75) is 63.4 Å². The van der Waals surface area contributed by atoms with Crippen LogP contribution in [0, 0.1) is 0 Å². The minimum atomic E-state index is -0.171. The molecule has 2 rings (SSSR count). The van der Waals surface area contributed by atoms with Crippen LogP contribution in [0.4, 0.5) is 0 Å². The molecule has 1 aromatic rings. The summed E-state index contributed by atoms with van der Waals surface area (Å²) < 4.78 is 0. The van der Waals surface area contributed by atoms with E-state index < -0.39 is 0 Å². The van der Waals surface area contributed by atoms with Gasteiger partial charge in [0, 0.05) is 5.41 Å². The van der Waals surface area contributed by atoms with E-state index >= 15 is 0 Å². The van der Waals surface area contributed by atoms with Gasteiger partial charge in [0.25, 0.3) is 0 Å². The first kappa shape index (κ1) is 12.6. The summed E-state index contributed by atoms with van der Waals surface area (Å²) in [6.45, 7) is 2.16. The van der Waals surface area contributed by atoms with Crippen molar-refractivity contribution >= 4 is 0 Å². The number of hydrogen-bond acceptors (Lipinski definition) is 1. The highest BCUT2D eigenvalue weighted by Gasteiger charge is 2.39. The molecule has 0 amide bonds. The van der Waals surface area contributed by atoms with Crippen LogP contribution in [0.2, 0.25) is 0 Å². The van der Waals surface area contributed by atoms with E-state index in [1.807, 2.05) is 0 Å². The van der Waals surface area contributed by atoms with E-state index in [1.165, 1.54) is 24.8 Å². The van der Waals surface area contributed by atoms with E-state index in [2.05, 4.69) is 37.3 Å². The fourth-order valence-corrected chi connectivity index (χ4v) is 3.32. The second kappa shape index (κ2) is 5.68. The van der Waals surface area contributed by atoms with Crippen molar-refractivity contribution < 1.29 is 5.11 Å². The Morgan fingerprint density at radius 1 is 1.12 bits per heavy atom. The molecule has 17 heavy (non-hydrogen) atoms. The summed E-state index contributed by atoms with van der Waals surface area (Å²) >= 11 is 0. The maximum absolute atomic E-state index is 10.6. The molecule has 0 bridgehead atoms. The Labute approximate surface area is 105 Å². The molecule has 1 aliphatic rings. The third kappa shape index (κ3) is 2.55. The Morgan fingerprint density at radius 2 is 1.76 bits per heavy atom. The zero-order chi connectivity index (χ0) is 12.1. The standard InChI is InChI=1S/C16H24O/c1-2-9-15(17)16(12-7-4-8-13-16)14-10-5-3-6-11-14/h3,5-6,10-11,15,17H,2,4,7-9,12-13H2,1H3/t15-/m1/s1. The average molecular weight is 232 g/mol. The summed E-state index contributed by atoms with van der Waals surface area (Å²) in [7, 11) is 0. The fourth-order valence-electron chi connectivity index (χ4n) is 3.32. The Balaban J connectivity index is 2.29. The Morgan fingerprint density at radius 3 is 2.35 bits per heavy atom. The first-order valence-electron chi connectivity index (χ1n) is 7.03. The van der Waals surface area contributed by atoms with Gasteiger partial charge in [-0.2, -0.15) is 0 Å². The zero-order valence-electron chi connectivity index (χ0n) is 10.9. The van der Waals surface area contributed by atoms with Gasteiger partial charge < -0.3 is 5.11 Å². The SMILES string of the molecule is CCC[C@@H](O)C1(c2ccccc2)CCCCC1. The number of hydrogen-bond donors (Lipinski definition) is 1. The summed E-state index contributed by atoms with van der Waals surface area (Å²) in [4.78, 5) is 0. The van der Waals surface area contributed by atoms with Crippen LogP contribution in [0.3, 0.4) is 0 Å². The molecule has 1 N–H and O–H groups in total. The van der Waals surface area contributed by atoms with Crippen molar-refractivity contribution in [1.82, 2.24) is 0 Å². The average Bonchev–Trinajstić information content (AvgIpc) is 2.41. The molecule has 1 nitrogen and oxygen atoms in total. The highest BCUT2D eigenvalue weighted by molar-refractivity contribution is 5.27. The van der Waals surface area contributed by atoms with Crippen LogP contribution in [-0.4, -0.2) is 11.2 Å². The van der Waals surface area contributed by atoms with Gasteiger partial charge in [-0.25, -0.2) is 0 Å². The minimum absolute atomic E-state index is 0.0372. The van der Waals surface area contributed by atoms with Crippen LogP contribution in [0.1, 0.15) is 57.4 Å². The van der Waals surface area contributed by atoms with Crippen molar-refractivity contribution in [2.24, 2.45) is 0 Å². The second-order valence-corrected chi connectivity index (χ2v) is 5.39. The van der Waals surface area contributed by atoms with Crippen LogP contribution >= 0.6 is 0 Å². The van der Waals surface area contributed by atoms with Crippen molar-refractivity contribution in [3.8, 4) is 0 Å². The molecule has 1 fully saturated rings. The maximum Gasteiger partial charge on any atom is 0.0636 e. The predicted octanol–water partition coefficient (Wildman–Crippen LogP) is 4.05. The fraction of sp³-hybridized carbons (Fsp3) is 0.625. The van der Waals surface area contributed by atoms with Crippen molar-refractivity contribution in [2.75, 3.05) is 0 Å². The topological polar surface area (TPSA) is 20.2 Å². The van der Waals surface area contributed by atoms with Gasteiger partial charge in [0.1, 0.15) is 0 Å². The van der Waals surface area contributed by atoms with Crippen LogP contribution in [0.25, 0.3) is 0 Å². The third-order valence-electron chi connectivity index (χ3n) is 4.29. The van der Waals surface area contributed by atoms with Crippen LogP contribution in [0.15, 0.2) is 30.3 Å². The smallest absolute Gasteiger partial charge is 0.0636 e. The molecule has 1 saturated carbocycles. The highest BCUT2D eigenvalue weighted by Crippen LogP contribution is 2.43. The normalized spacial score (nSPS) is 21.1. The third-order valence-corrected chi connectivity index (χ3v) is 4.29. The first-order valence-corrected chi connectivity index (χ1v) is 7.03. The van der Waals surface area contributed by atoms with Crippen LogP contribution < -0.4 is 0 Å². The summed E-state index contributed by atoms with van der Waals surface area (Å²) in [5.41, 5.74) is 1.39. The molecule has 0 unspecified atom stereocenters.